The van der Waals surface area contributed by atoms with E-state index in [-0.39, 0.29) is 87.9 Å². The summed E-state index contributed by atoms with van der Waals surface area (Å²) in [4.78, 5) is 19.1. The van der Waals surface area contributed by atoms with Crippen molar-refractivity contribution in [2.45, 2.75) is 0 Å². The van der Waals surface area contributed by atoms with Crippen LogP contribution in [0.1, 0.15) is 11.1 Å². The van der Waals surface area contributed by atoms with Gasteiger partial charge < -0.3 is 20.4 Å². The second-order valence-corrected chi connectivity index (χ2v) is 4.46. The third-order valence-electron chi connectivity index (χ3n) is 2.74. The Morgan fingerprint density at radius 2 is 1.23 bits per heavy atom. The summed E-state index contributed by atoms with van der Waals surface area (Å²) < 4.78 is 0. The summed E-state index contributed by atoms with van der Waals surface area (Å²) in [6.45, 7) is 6.64. The predicted octanol–water partition coefficient (Wildman–Crippen LogP) is 2.37. The number of phenolic OH excluding ortho intramolecular Hbond substituents is 4. The molecule has 0 atom stereocenters. The average molecular weight is 514 g/mol. The van der Waals surface area contributed by atoms with Crippen LogP contribution in [0.15, 0.2) is 24.3 Å². The Morgan fingerprint density at radius 1 is 0.731 bits per heavy atom. The Balaban J connectivity index is 0. The number of nitro benzene ring substituents is 2. The molecule has 0 amide bonds. The summed E-state index contributed by atoms with van der Waals surface area (Å²) in [5.41, 5.74) is -0.516. The molecule has 0 saturated carbocycles. The maximum Gasteiger partial charge on any atom is 0.220 e. The summed E-state index contributed by atoms with van der Waals surface area (Å²) in [5, 5.41) is 56.2. The fraction of sp³-hybridized carbons (Fsp3) is 0. The molecule has 134 valence electrons. The van der Waals surface area contributed by atoms with Gasteiger partial charge in [-0.15, -0.1) is 17.2 Å². The SMILES string of the molecule is [CH2-]c1cc(O)c(O)cc1[N+](=O)[O-].[CH2-]c1cc([N+](=O)[O-])cc(O)c1O.[Y].[Y]. The van der Waals surface area contributed by atoms with Crippen LogP contribution in [0.2, 0.25) is 0 Å². The zero-order valence-corrected chi connectivity index (χ0v) is 18.9. The molecule has 0 unspecified atom stereocenters. The first-order valence-electron chi connectivity index (χ1n) is 6.09. The number of benzene rings is 2. The fourth-order valence-corrected chi connectivity index (χ4v) is 1.55. The fourth-order valence-electron chi connectivity index (χ4n) is 1.55. The van der Waals surface area contributed by atoms with Crippen LogP contribution in [0.3, 0.4) is 0 Å². The van der Waals surface area contributed by atoms with E-state index in [9.17, 15) is 20.2 Å². The third kappa shape index (κ3) is 6.95. The first kappa shape index (κ1) is 26.6. The number of nitro groups is 2. The average Bonchev–Trinajstić information content (AvgIpc) is 2.48. The van der Waals surface area contributed by atoms with Gasteiger partial charge in [0.25, 0.3) is 0 Å². The molecule has 2 rings (SSSR count). The van der Waals surface area contributed by atoms with Crippen LogP contribution in [0.5, 0.6) is 23.0 Å². The van der Waals surface area contributed by atoms with E-state index in [1.54, 1.807) is 0 Å². The first-order chi connectivity index (χ1) is 11.0. The molecule has 0 aliphatic rings. The van der Waals surface area contributed by atoms with Crippen molar-refractivity contribution in [2.75, 3.05) is 0 Å². The number of hydrogen-bond acceptors (Lipinski definition) is 8. The number of phenols is 4. The molecule has 0 saturated heterocycles. The van der Waals surface area contributed by atoms with Crippen LogP contribution in [0.25, 0.3) is 0 Å². The summed E-state index contributed by atoms with van der Waals surface area (Å²) in [6, 6.07) is 3.84. The summed E-state index contributed by atoms with van der Waals surface area (Å²) in [5.74, 6) is -1.89. The molecule has 0 spiro atoms. The van der Waals surface area contributed by atoms with E-state index in [1.165, 1.54) is 0 Å². The molecule has 10 nitrogen and oxygen atoms in total. The monoisotopic (exact) mass is 514 g/mol. The van der Waals surface area contributed by atoms with Crippen LogP contribution >= 0.6 is 0 Å². The normalized spacial score (nSPS) is 8.92. The third-order valence-corrected chi connectivity index (χ3v) is 2.74. The minimum Gasteiger partial charge on any atom is -0.561 e. The summed E-state index contributed by atoms with van der Waals surface area (Å²) in [7, 11) is 0. The molecule has 0 heterocycles. The minimum absolute atomic E-state index is 0. The molecule has 0 aliphatic carbocycles. The van der Waals surface area contributed by atoms with Crippen molar-refractivity contribution in [1.29, 1.82) is 0 Å². The van der Waals surface area contributed by atoms with E-state index in [4.69, 9.17) is 20.4 Å². The maximum absolute atomic E-state index is 10.3. The van der Waals surface area contributed by atoms with Gasteiger partial charge in [0.05, 0.1) is 5.75 Å². The Bertz CT molecular complexity index is 791. The van der Waals surface area contributed by atoms with Crippen LogP contribution in [-0.4, -0.2) is 30.3 Å². The molecule has 0 aromatic heterocycles. The molecule has 12 heteroatoms. The number of hydrogen-bond donors (Lipinski definition) is 4. The van der Waals surface area contributed by atoms with Crippen LogP contribution < -0.4 is 0 Å². The van der Waals surface area contributed by atoms with E-state index >= 15 is 0 Å². The van der Waals surface area contributed by atoms with Crippen molar-refractivity contribution in [3.05, 3.63) is 69.5 Å². The number of nitrogens with zero attached hydrogens (tertiary/aromatic N) is 2. The van der Waals surface area contributed by atoms with Crippen LogP contribution in [0, 0.1) is 34.1 Å². The largest absolute Gasteiger partial charge is 0.561 e. The van der Waals surface area contributed by atoms with E-state index in [0.717, 1.165) is 24.3 Å². The van der Waals surface area contributed by atoms with Gasteiger partial charge in [-0.2, -0.15) is 13.8 Å². The smallest absolute Gasteiger partial charge is 0.220 e. The molecule has 26 heavy (non-hydrogen) atoms. The number of non-ortho nitro benzene ring substituents is 1. The van der Waals surface area contributed by atoms with Crippen molar-refractivity contribution in [2.24, 2.45) is 0 Å². The molecule has 2 aromatic rings. The van der Waals surface area contributed by atoms with Crippen molar-refractivity contribution >= 4 is 11.4 Å². The Kier molecular flexibility index (Phi) is 11.4. The van der Waals surface area contributed by atoms with Gasteiger partial charge in [-0.3, -0.25) is 20.2 Å². The quantitative estimate of drug-likeness (QED) is 0.205. The molecule has 0 fully saturated rings. The van der Waals surface area contributed by atoms with Gasteiger partial charge in [-0.1, -0.05) is 6.07 Å². The van der Waals surface area contributed by atoms with E-state index < -0.39 is 32.8 Å². The first-order valence-corrected chi connectivity index (χ1v) is 6.09. The summed E-state index contributed by atoms with van der Waals surface area (Å²) in [6.07, 6.45) is 0. The number of rotatable bonds is 2. The van der Waals surface area contributed by atoms with E-state index in [2.05, 4.69) is 13.8 Å². The van der Waals surface area contributed by atoms with Gasteiger partial charge in [0.2, 0.25) is 5.69 Å². The predicted molar refractivity (Wildman–Crippen MR) is 81.8 cm³/mol. The molecule has 2 radical (unpaired) electrons. The zero-order chi connectivity index (χ0) is 18.6. The van der Waals surface area contributed by atoms with Crippen LogP contribution in [-0.2, 0) is 65.4 Å². The minimum atomic E-state index is -0.679. The molecule has 2 aromatic carbocycles. The van der Waals surface area contributed by atoms with Gasteiger partial charge in [-0.25, -0.2) is 0 Å². The second-order valence-electron chi connectivity index (χ2n) is 4.46. The molecular formula is C14H12N2O8Y2-2. The molecule has 0 bridgehead atoms. The van der Waals surface area contributed by atoms with Crippen molar-refractivity contribution < 1.29 is 95.7 Å². The topological polar surface area (TPSA) is 167 Å². The van der Waals surface area contributed by atoms with Gasteiger partial charge >= 0.3 is 0 Å². The zero-order valence-electron chi connectivity index (χ0n) is 13.2. The molecule has 4 N–H and O–H groups in total. The number of aromatic hydroxyl groups is 4. The van der Waals surface area contributed by atoms with Crippen molar-refractivity contribution in [3.8, 4) is 23.0 Å². The van der Waals surface area contributed by atoms with Gasteiger partial charge in [0, 0.05) is 87.4 Å². The van der Waals surface area contributed by atoms with Gasteiger partial charge in [0.15, 0.2) is 5.69 Å². The Labute approximate surface area is 197 Å². The van der Waals surface area contributed by atoms with Crippen molar-refractivity contribution in [3.63, 3.8) is 0 Å². The van der Waals surface area contributed by atoms with Crippen molar-refractivity contribution in [1.82, 2.24) is 0 Å². The molecular weight excluding hydrogens is 502 g/mol. The maximum atomic E-state index is 10.3. The van der Waals surface area contributed by atoms with E-state index in [0.29, 0.717) is 0 Å². The van der Waals surface area contributed by atoms with E-state index in [1.807, 2.05) is 0 Å². The standard InChI is InChI=1S/2C7H6NO4.2Y/c1-4-2-6(9)7(10)3-5(4)8(11)12;1-4-2-5(8(11)12)3-6(9)7(4)10;;/h2*2-3,9-10H,1H2;;/q2*-1;;. The Morgan fingerprint density at radius 3 is 1.65 bits per heavy atom. The molecule has 0 aliphatic heterocycles. The van der Waals surface area contributed by atoms with Gasteiger partial charge in [-0.05, 0) is 0 Å². The second kappa shape index (κ2) is 11.2. The summed E-state index contributed by atoms with van der Waals surface area (Å²) >= 11 is 0. The van der Waals surface area contributed by atoms with Gasteiger partial charge in [0.1, 0.15) is 17.2 Å². The van der Waals surface area contributed by atoms with Crippen LogP contribution in [0.4, 0.5) is 11.4 Å². The Hall–Kier alpha value is -1.61.